The average Bonchev–Trinajstić information content (AvgIpc) is 3.24. The number of allylic oxidation sites excluding steroid dienone is 4. The van der Waals surface area contributed by atoms with E-state index in [1.807, 2.05) is 0 Å². The lowest BCUT2D eigenvalue weighted by Crippen LogP contribution is -2.43. The number of carbonyl (C=O) groups excluding carboxylic acids is 1. The molecule has 2 saturated carbocycles. The van der Waals surface area contributed by atoms with Crippen LogP contribution in [0, 0.1) is 29.1 Å². The maximum absolute atomic E-state index is 13.6. The van der Waals surface area contributed by atoms with Crippen molar-refractivity contribution in [2.45, 2.75) is 84.9 Å². The molecule has 27 heavy (non-hydrogen) atoms. The molecule has 0 unspecified atom stereocenters. The summed E-state index contributed by atoms with van der Waals surface area (Å²) in [5.74, 6) is 1.91. The van der Waals surface area contributed by atoms with Crippen LogP contribution in [0.5, 0.6) is 0 Å². The van der Waals surface area contributed by atoms with E-state index in [0.717, 1.165) is 25.9 Å². The first-order chi connectivity index (χ1) is 12.5. The number of hydrogen-bond acceptors (Lipinski definition) is 2. The van der Waals surface area contributed by atoms with Gasteiger partial charge in [0.15, 0.2) is 8.32 Å². The number of fused-ring (bicyclic) bond motifs is 1. The lowest BCUT2D eigenvalue weighted by atomic mass is 9.78. The predicted molar refractivity (Wildman–Crippen MR) is 116 cm³/mol. The second-order valence-electron chi connectivity index (χ2n) is 11.0. The van der Waals surface area contributed by atoms with Gasteiger partial charge in [-0.1, -0.05) is 51.5 Å². The maximum atomic E-state index is 13.6. The largest absolute Gasteiger partial charge is 0.417 e. The Morgan fingerprint density at radius 2 is 2.04 bits per heavy atom. The van der Waals surface area contributed by atoms with E-state index in [0.29, 0.717) is 23.5 Å². The summed E-state index contributed by atoms with van der Waals surface area (Å²) in [5, 5.41) is 0.211. The van der Waals surface area contributed by atoms with Crippen molar-refractivity contribution in [2.75, 3.05) is 6.61 Å². The first kappa shape index (κ1) is 21.0. The van der Waals surface area contributed by atoms with Crippen LogP contribution in [0.25, 0.3) is 0 Å². The van der Waals surface area contributed by atoms with Gasteiger partial charge in [-0.25, -0.2) is 0 Å². The lowest BCUT2D eigenvalue weighted by molar-refractivity contribution is -0.127. The van der Waals surface area contributed by atoms with Crippen LogP contribution >= 0.6 is 0 Å². The van der Waals surface area contributed by atoms with Gasteiger partial charge in [0.25, 0.3) is 0 Å². The highest BCUT2D eigenvalue weighted by Gasteiger charge is 2.67. The molecule has 3 rings (SSSR count). The Hall–Kier alpha value is -0.673. The second kappa shape index (κ2) is 7.30. The highest BCUT2D eigenvalue weighted by molar-refractivity contribution is 6.74. The summed E-state index contributed by atoms with van der Waals surface area (Å²) in [6, 6.07) is 0. The third-order valence-corrected chi connectivity index (χ3v) is 12.8. The fourth-order valence-corrected chi connectivity index (χ4v) is 6.37. The van der Waals surface area contributed by atoms with Crippen LogP contribution in [0.1, 0.15) is 66.7 Å². The molecule has 0 aromatic heterocycles. The highest BCUT2D eigenvalue weighted by Crippen LogP contribution is 2.69. The van der Waals surface area contributed by atoms with Crippen molar-refractivity contribution in [3.8, 4) is 0 Å². The molecule has 152 valence electrons. The Morgan fingerprint density at radius 3 is 2.67 bits per heavy atom. The summed E-state index contributed by atoms with van der Waals surface area (Å²) in [6.45, 7) is 16.7. The first-order valence-electron chi connectivity index (χ1n) is 11.0. The van der Waals surface area contributed by atoms with Gasteiger partial charge in [-0.15, -0.1) is 0 Å². The quantitative estimate of drug-likeness (QED) is 0.381. The van der Waals surface area contributed by atoms with Crippen molar-refractivity contribution in [1.82, 2.24) is 0 Å². The van der Waals surface area contributed by atoms with Gasteiger partial charge in [0.2, 0.25) is 0 Å². The molecule has 0 radical (unpaired) electrons. The third-order valence-electron chi connectivity index (χ3n) is 8.26. The Bertz CT molecular complexity index is 639. The fraction of sp³-hybridized carbons (Fsp3) is 0.792. The zero-order chi connectivity index (χ0) is 20.0. The van der Waals surface area contributed by atoms with Crippen LogP contribution in [0.15, 0.2) is 23.8 Å². The molecular formula is C24H40O2Si. The summed E-state index contributed by atoms with van der Waals surface area (Å²) in [6.07, 6.45) is 12.3. The number of rotatable bonds is 6. The molecule has 0 amide bonds. The zero-order valence-corrected chi connectivity index (χ0v) is 19.6. The molecule has 2 nitrogen and oxygen atoms in total. The molecule has 0 spiro atoms. The van der Waals surface area contributed by atoms with Gasteiger partial charge in [0, 0.05) is 18.4 Å². The molecule has 5 atom stereocenters. The van der Waals surface area contributed by atoms with E-state index in [1.165, 1.54) is 12.8 Å². The topological polar surface area (TPSA) is 26.3 Å². The minimum Gasteiger partial charge on any atom is -0.417 e. The van der Waals surface area contributed by atoms with Gasteiger partial charge in [0.1, 0.15) is 5.78 Å². The molecule has 3 aliphatic rings. The molecule has 0 aliphatic heterocycles. The lowest BCUT2D eigenvalue weighted by Gasteiger charge is -2.38. The van der Waals surface area contributed by atoms with Crippen molar-refractivity contribution < 1.29 is 9.22 Å². The van der Waals surface area contributed by atoms with Crippen molar-refractivity contribution in [3.63, 3.8) is 0 Å². The van der Waals surface area contributed by atoms with Crippen molar-refractivity contribution >= 4 is 14.1 Å². The average molecular weight is 389 g/mol. The van der Waals surface area contributed by atoms with Gasteiger partial charge < -0.3 is 4.43 Å². The Balaban J connectivity index is 1.78. The van der Waals surface area contributed by atoms with E-state index < -0.39 is 8.32 Å². The molecule has 3 aliphatic carbocycles. The van der Waals surface area contributed by atoms with Gasteiger partial charge in [-0.3, -0.25) is 4.79 Å². The molecule has 0 aromatic carbocycles. The van der Waals surface area contributed by atoms with E-state index in [4.69, 9.17) is 4.43 Å². The Morgan fingerprint density at radius 1 is 1.33 bits per heavy atom. The summed E-state index contributed by atoms with van der Waals surface area (Å²) >= 11 is 0. The normalized spacial score (nSPS) is 34.9. The molecule has 0 aromatic rings. The van der Waals surface area contributed by atoms with Crippen LogP contribution in [0.3, 0.4) is 0 Å². The van der Waals surface area contributed by atoms with E-state index in [-0.39, 0.29) is 16.4 Å². The maximum Gasteiger partial charge on any atom is 0.191 e. The Kier molecular flexibility index (Phi) is 5.69. The number of hydrogen-bond donors (Lipinski definition) is 0. The number of Topliss-reactive ketones (excluding diaryl/α,β-unsaturated/α-hetero) is 1. The second-order valence-corrected chi connectivity index (χ2v) is 15.8. The van der Waals surface area contributed by atoms with Crippen molar-refractivity contribution in [2.24, 2.45) is 29.1 Å². The fourth-order valence-electron chi connectivity index (χ4n) is 5.31. The molecule has 0 heterocycles. The first-order valence-corrected chi connectivity index (χ1v) is 13.9. The number of carbonyl (C=O) groups is 1. The van der Waals surface area contributed by atoms with Gasteiger partial charge in [-0.05, 0) is 74.4 Å². The minimum absolute atomic E-state index is 0.171. The summed E-state index contributed by atoms with van der Waals surface area (Å²) in [4.78, 5) is 13.6. The Labute approximate surface area is 168 Å². The smallest absolute Gasteiger partial charge is 0.191 e. The van der Waals surface area contributed by atoms with Gasteiger partial charge in [-0.2, -0.15) is 0 Å². The molecule has 0 bridgehead atoms. The third kappa shape index (κ3) is 3.79. The van der Waals surface area contributed by atoms with E-state index in [1.54, 1.807) is 5.57 Å². The number of ketones is 1. The van der Waals surface area contributed by atoms with E-state index in [9.17, 15) is 4.79 Å². The molecule has 3 heteroatoms. The van der Waals surface area contributed by atoms with Crippen LogP contribution in [0.4, 0.5) is 0 Å². The minimum atomic E-state index is -1.80. The van der Waals surface area contributed by atoms with Gasteiger partial charge in [0.05, 0.1) is 0 Å². The van der Waals surface area contributed by atoms with Crippen LogP contribution in [-0.4, -0.2) is 20.7 Å². The summed E-state index contributed by atoms with van der Waals surface area (Å²) < 4.78 is 6.60. The van der Waals surface area contributed by atoms with Crippen molar-refractivity contribution in [3.05, 3.63) is 23.8 Å². The van der Waals surface area contributed by atoms with Crippen molar-refractivity contribution in [1.29, 1.82) is 0 Å². The van der Waals surface area contributed by atoms with E-state index in [2.05, 4.69) is 65.9 Å². The predicted octanol–water partition coefficient (Wildman–Crippen LogP) is 6.54. The standard InChI is InChI=1S/C24H40O2Si/c1-8-9-11-18(16-26-27(6,7)23(2,3)4)19-14-13-17-12-10-15-24(5)20(17)21(24)22(19)25/h8-9,12,18-21H,10-11,13-16H2,1-7H3/t18-,19-,20+,21+,24+/m1/s1. The van der Waals surface area contributed by atoms with Gasteiger partial charge >= 0.3 is 0 Å². The summed E-state index contributed by atoms with van der Waals surface area (Å²) in [7, 11) is -1.80. The van der Waals surface area contributed by atoms with Crippen LogP contribution < -0.4 is 0 Å². The highest BCUT2D eigenvalue weighted by atomic mass is 28.4. The molecule has 0 N–H and O–H groups in total. The molecule has 0 saturated heterocycles. The zero-order valence-electron chi connectivity index (χ0n) is 18.6. The SMILES string of the molecule is CC=CC[C@H](CO[Si](C)(C)C(C)(C)C)[C@H]1CCC2=CCC[C@]3(C)[C@H](C1=O)[C@H]23. The van der Waals surface area contributed by atoms with E-state index >= 15 is 0 Å². The molecular weight excluding hydrogens is 348 g/mol. The van der Waals surface area contributed by atoms with Crippen LogP contribution in [0.2, 0.25) is 18.1 Å². The molecule has 2 fully saturated rings. The monoisotopic (exact) mass is 388 g/mol. The van der Waals surface area contributed by atoms with Crippen LogP contribution in [-0.2, 0) is 9.22 Å². The summed E-state index contributed by atoms with van der Waals surface area (Å²) in [5.41, 5.74) is 1.87.